The summed E-state index contributed by atoms with van der Waals surface area (Å²) in [6, 6.07) is 11.1. The normalized spacial score (nSPS) is 16.8. The van der Waals surface area contributed by atoms with Crippen LogP contribution in [0.1, 0.15) is 23.5 Å². The van der Waals surface area contributed by atoms with Gasteiger partial charge in [0, 0.05) is 24.1 Å². The highest BCUT2D eigenvalue weighted by atomic mass is 32.1. The number of H-pyrrole nitrogens is 1. The third-order valence-corrected chi connectivity index (χ3v) is 5.53. The van der Waals surface area contributed by atoms with Crippen molar-refractivity contribution in [2.75, 3.05) is 13.2 Å². The summed E-state index contributed by atoms with van der Waals surface area (Å²) >= 11 is 1.57. The fourth-order valence-corrected chi connectivity index (χ4v) is 3.92. The number of fused-ring (bicyclic) bond motifs is 1. The zero-order valence-corrected chi connectivity index (χ0v) is 16.2. The van der Waals surface area contributed by atoms with Gasteiger partial charge in [-0.3, -0.25) is 9.59 Å². The second kappa shape index (κ2) is 8.50. The Kier molecular flexibility index (Phi) is 5.64. The number of hydrogen-bond donors (Lipinski definition) is 1. The summed E-state index contributed by atoms with van der Waals surface area (Å²) in [5.41, 5.74) is 0.430. The van der Waals surface area contributed by atoms with E-state index in [0.29, 0.717) is 23.3 Å². The number of nitrogens with one attached hydrogen (secondary N) is 1. The lowest BCUT2D eigenvalue weighted by Crippen LogP contribution is -2.36. The van der Waals surface area contributed by atoms with E-state index in [2.05, 4.69) is 9.97 Å². The first-order valence-electron chi connectivity index (χ1n) is 9.29. The SMILES string of the molecule is O=C(/C=C/c1cccs1)N(Cc1nc2ccccc2c(=O)[nH]1)C[C@@H]1CCCO1. The van der Waals surface area contributed by atoms with Crippen molar-refractivity contribution in [3.63, 3.8) is 0 Å². The van der Waals surface area contributed by atoms with Crippen LogP contribution in [0, 0.1) is 0 Å². The van der Waals surface area contributed by atoms with Gasteiger partial charge in [0.2, 0.25) is 5.91 Å². The van der Waals surface area contributed by atoms with Crippen molar-refractivity contribution < 1.29 is 9.53 Å². The Morgan fingerprint density at radius 1 is 1.32 bits per heavy atom. The number of benzene rings is 1. The highest BCUT2D eigenvalue weighted by molar-refractivity contribution is 7.10. The van der Waals surface area contributed by atoms with Crippen LogP contribution in [0.2, 0.25) is 0 Å². The van der Waals surface area contributed by atoms with Crippen molar-refractivity contribution in [2.24, 2.45) is 0 Å². The second-order valence-corrected chi connectivity index (χ2v) is 7.71. The third kappa shape index (κ3) is 4.37. The molecule has 1 amide bonds. The lowest BCUT2D eigenvalue weighted by Gasteiger charge is -2.24. The molecule has 1 N–H and O–H groups in total. The van der Waals surface area contributed by atoms with Gasteiger partial charge < -0.3 is 14.6 Å². The number of para-hydroxylation sites is 1. The number of aromatic nitrogens is 2. The van der Waals surface area contributed by atoms with Gasteiger partial charge in [-0.25, -0.2) is 4.98 Å². The Balaban J connectivity index is 1.57. The molecule has 144 valence electrons. The summed E-state index contributed by atoms with van der Waals surface area (Å²) in [6.45, 7) is 1.43. The lowest BCUT2D eigenvalue weighted by atomic mass is 10.2. The largest absolute Gasteiger partial charge is 0.376 e. The molecule has 1 saturated heterocycles. The highest BCUT2D eigenvalue weighted by Crippen LogP contribution is 2.16. The average molecular weight is 395 g/mol. The van der Waals surface area contributed by atoms with E-state index in [4.69, 9.17) is 4.74 Å². The zero-order chi connectivity index (χ0) is 19.3. The second-order valence-electron chi connectivity index (χ2n) is 6.73. The van der Waals surface area contributed by atoms with Crippen LogP contribution < -0.4 is 5.56 Å². The predicted molar refractivity (Wildman–Crippen MR) is 110 cm³/mol. The molecule has 2 aromatic heterocycles. The number of nitrogens with zero attached hydrogens (tertiary/aromatic N) is 2. The summed E-state index contributed by atoms with van der Waals surface area (Å²) in [4.78, 5) is 35.2. The Morgan fingerprint density at radius 3 is 3.00 bits per heavy atom. The van der Waals surface area contributed by atoms with Crippen LogP contribution >= 0.6 is 11.3 Å². The van der Waals surface area contributed by atoms with Gasteiger partial charge in [0.25, 0.3) is 5.56 Å². The van der Waals surface area contributed by atoms with E-state index in [0.717, 1.165) is 24.3 Å². The molecule has 3 aromatic rings. The molecule has 28 heavy (non-hydrogen) atoms. The maximum atomic E-state index is 12.8. The Morgan fingerprint density at radius 2 is 2.21 bits per heavy atom. The van der Waals surface area contributed by atoms with Crippen LogP contribution in [0.15, 0.2) is 52.6 Å². The Labute approximate surface area is 166 Å². The monoisotopic (exact) mass is 395 g/mol. The number of ether oxygens (including phenoxy) is 1. The third-order valence-electron chi connectivity index (χ3n) is 4.70. The highest BCUT2D eigenvalue weighted by Gasteiger charge is 2.22. The molecule has 0 radical (unpaired) electrons. The number of carbonyl (C=O) groups excluding carboxylic acids is 1. The maximum absolute atomic E-state index is 12.8. The molecule has 1 fully saturated rings. The molecule has 1 aromatic carbocycles. The molecule has 0 aliphatic carbocycles. The van der Waals surface area contributed by atoms with Gasteiger partial charge in [0.05, 0.1) is 23.6 Å². The van der Waals surface area contributed by atoms with Gasteiger partial charge in [-0.2, -0.15) is 0 Å². The molecule has 3 heterocycles. The maximum Gasteiger partial charge on any atom is 0.258 e. The molecule has 6 nitrogen and oxygen atoms in total. The van der Waals surface area contributed by atoms with Crippen molar-refractivity contribution in [3.8, 4) is 0 Å². The van der Waals surface area contributed by atoms with Gasteiger partial charge in [0.1, 0.15) is 5.82 Å². The van der Waals surface area contributed by atoms with E-state index in [1.165, 1.54) is 0 Å². The predicted octanol–water partition coefficient (Wildman–Crippen LogP) is 3.21. The van der Waals surface area contributed by atoms with E-state index in [-0.39, 0.29) is 24.1 Å². The standard InChI is InChI=1S/C21H21N3O3S/c25-20(10-9-16-6-4-12-28-16)24(13-15-5-3-11-27-15)14-19-22-18-8-2-1-7-17(18)21(26)23-19/h1-2,4,6-10,12,15H,3,5,11,13-14H2,(H,22,23,26)/b10-9+/t15-/m0/s1. The molecule has 1 aliphatic rings. The van der Waals surface area contributed by atoms with Gasteiger partial charge in [-0.15, -0.1) is 11.3 Å². The molecule has 1 aliphatic heterocycles. The quantitative estimate of drug-likeness (QED) is 0.651. The van der Waals surface area contributed by atoms with E-state index >= 15 is 0 Å². The van der Waals surface area contributed by atoms with Gasteiger partial charge in [-0.1, -0.05) is 18.2 Å². The first kappa shape index (κ1) is 18.6. The number of hydrogen-bond acceptors (Lipinski definition) is 5. The van der Waals surface area contributed by atoms with Crippen molar-refractivity contribution >= 4 is 34.2 Å². The summed E-state index contributed by atoms with van der Waals surface area (Å²) in [7, 11) is 0. The smallest absolute Gasteiger partial charge is 0.258 e. The van der Waals surface area contributed by atoms with Crippen LogP contribution in [0.5, 0.6) is 0 Å². The van der Waals surface area contributed by atoms with Crippen LogP contribution in [0.25, 0.3) is 17.0 Å². The van der Waals surface area contributed by atoms with Gasteiger partial charge in [-0.05, 0) is 42.5 Å². The Hall–Kier alpha value is -2.77. The number of aromatic amines is 1. The fraction of sp³-hybridized carbons (Fsp3) is 0.286. The molecule has 1 atom stereocenters. The molecule has 0 unspecified atom stereocenters. The minimum absolute atomic E-state index is 0.0197. The minimum atomic E-state index is -0.195. The van der Waals surface area contributed by atoms with Gasteiger partial charge >= 0.3 is 0 Å². The molecular weight excluding hydrogens is 374 g/mol. The topological polar surface area (TPSA) is 75.3 Å². The van der Waals surface area contributed by atoms with E-state index in [1.807, 2.05) is 35.7 Å². The van der Waals surface area contributed by atoms with Crippen molar-refractivity contribution in [1.29, 1.82) is 0 Å². The molecule has 4 rings (SSSR count). The zero-order valence-electron chi connectivity index (χ0n) is 15.3. The molecule has 0 bridgehead atoms. The molecule has 0 saturated carbocycles. The molecular formula is C21H21N3O3S. The minimum Gasteiger partial charge on any atom is -0.376 e. The summed E-state index contributed by atoms with van der Waals surface area (Å²) in [5, 5.41) is 2.51. The summed E-state index contributed by atoms with van der Waals surface area (Å²) < 4.78 is 5.71. The number of amides is 1. The fourth-order valence-electron chi connectivity index (χ4n) is 3.30. The van der Waals surface area contributed by atoms with Crippen LogP contribution in [0.4, 0.5) is 0 Å². The van der Waals surface area contributed by atoms with Crippen LogP contribution in [0.3, 0.4) is 0 Å². The van der Waals surface area contributed by atoms with Crippen molar-refractivity contribution in [2.45, 2.75) is 25.5 Å². The van der Waals surface area contributed by atoms with Crippen LogP contribution in [-0.2, 0) is 16.1 Å². The Bertz CT molecular complexity index is 1040. The number of carbonyl (C=O) groups is 1. The van der Waals surface area contributed by atoms with Crippen molar-refractivity contribution in [3.05, 3.63) is 68.9 Å². The van der Waals surface area contributed by atoms with Gasteiger partial charge in [0.15, 0.2) is 0 Å². The summed E-state index contributed by atoms with van der Waals surface area (Å²) in [6.07, 6.45) is 5.33. The first-order valence-corrected chi connectivity index (χ1v) is 10.2. The number of rotatable bonds is 6. The molecule has 0 spiro atoms. The van der Waals surface area contributed by atoms with E-state index < -0.39 is 0 Å². The van der Waals surface area contributed by atoms with Crippen molar-refractivity contribution in [1.82, 2.24) is 14.9 Å². The van der Waals surface area contributed by atoms with E-state index in [1.54, 1.807) is 34.4 Å². The lowest BCUT2D eigenvalue weighted by molar-refractivity contribution is -0.128. The molecule has 7 heteroatoms. The average Bonchev–Trinajstić information content (AvgIpc) is 3.40. The first-order chi connectivity index (χ1) is 13.7. The number of thiophene rings is 1. The van der Waals surface area contributed by atoms with E-state index in [9.17, 15) is 9.59 Å². The van der Waals surface area contributed by atoms with Crippen LogP contribution in [-0.4, -0.2) is 40.0 Å². The summed E-state index contributed by atoms with van der Waals surface area (Å²) in [5.74, 6) is 0.347.